The number of aromatic nitrogens is 2. The van der Waals surface area contributed by atoms with Gasteiger partial charge in [-0.25, -0.2) is 4.68 Å². The summed E-state index contributed by atoms with van der Waals surface area (Å²) in [5, 5.41) is 0.584. The Morgan fingerprint density at radius 2 is 1.77 bits per heavy atom. The van der Waals surface area contributed by atoms with Crippen LogP contribution in [0.4, 0.5) is 0 Å². The molecule has 0 atom stereocenters. The van der Waals surface area contributed by atoms with E-state index in [4.69, 9.17) is 23.8 Å². The Labute approximate surface area is 137 Å². The molecule has 2 N–H and O–H groups in total. The molecule has 0 aliphatic heterocycles. The molecule has 1 aromatic heterocycles. The van der Waals surface area contributed by atoms with Gasteiger partial charge >= 0.3 is 0 Å². The summed E-state index contributed by atoms with van der Waals surface area (Å²) in [5.74, 6) is -0.258. The highest BCUT2D eigenvalue weighted by atomic mass is 35.5. The molecule has 0 aliphatic rings. The van der Waals surface area contributed by atoms with Crippen molar-refractivity contribution in [1.82, 2.24) is 9.66 Å². The first kappa shape index (κ1) is 14.6. The van der Waals surface area contributed by atoms with E-state index >= 15 is 0 Å². The summed E-state index contributed by atoms with van der Waals surface area (Å²) < 4.78 is 1.91. The molecule has 0 saturated carbocycles. The minimum absolute atomic E-state index is 0.258. The fourth-order valence-electron chi connectivity index (χ4n) is 2.02. The minimum Gasteiger partial charge on any atom is -0.329 e. The Morgan fingerprint density at radius 3 is 2.45 bits per heavy atom. The van der Waals surface area contributed by atoms with Crippen LogP contribution in [0.1, 0.15) is 10.4 Å². The smallest absolute Gasteiger partial charge is 0.270 e. The minimum atomic E-state index is -0.258. The summed E-state index contributed by atoms with van der Waals surface area (Å²) in [4.78, 5) is 15.3. The highest BCUT2D eigenvalue weighted by Crippen LogP contribution is 2.16. The van der Waals surface area contributed by atoms with Gasteiger partial charge in [0.05, 0.1) is 11.9 Å². The molecule has 0 saturated heterocycles. The number of hydrogen-bond acceptors (Lipinski definition) is 2. The third-order valence-electron chi connectivity index (χ3n) is 3.13. The lowest BCUT2D eigenvalue weighted by molar-refractivity contribution is 0.101. The second-order valence-electron chi connectivity index (χ2n) is 4.66. The van der Waals surface area contributed by atoms with Crippen LogP contribution in [0.25, 0.3) is 11.3 Å². The third kappa shape index (κ3) is 3.10. The van der Waals surface area contributed by atoms with Gasteiger partial charge in [0, 0.05) is 10.6 Å². The molecule has 0 radical (unpaired) electrons. The number of carbonyl (C=O) groups excluding carboxylic acids is 1. The average Bonchev–Trinajstić information content (AvgIpc) is 2.90. The van der Waals surface area contributed by atoms with Gasteiger partial charge in [0.15, 0.2) is 4.77 Å². The van der Waals surface area contributed by atoms with Crippen LogP contribution < -0.4 is 5.43 Å². The number of benzene rings is 2. The highest BCUT2D eigenvalue weighted by molar-refractivity contribution is 7.71. The van der Waals surface area contributed by atoms with Crippen molar-refractivity contribution < 1.29 is 4.79 Å². The summed E-state index contributed by atoms with van der Waals surface area (Å²) >= 11 is 11.0. The number of carbonyl (C=O) groups is 1. The van der Waals surface area contributed by atoms with Gasteiger partial charge in [-0.15, -0.1) is 0 Å². The van der Waals surface area contributed by atoms with Crippen molar-refractivity contribution in [2.45, 2.75) is 0 Å². The molecule has 0 bridgehead atoms. The fourth-order valence-corrected chi connectivity index (χ4v) is 2.35. The Kier molecular flexibility index (Phi) is 4.09. The Balaban J connectivity index is 1.84. The lowest BCUT2D eigenvalue weighted by Crippen LogP contribution is -2.22. The average molecular weight is 330 g/mol. The maximum Gasteiger partial charge on any atom is 0.270 e. The monoisotopic (exact) mass is 329 g/mol. The van der Waals surface area contributed by atoms with Crippen LogP contribution in [0.15, 0.2) is 60.8 Å². The van der Waals surface area contributed by atoms with Crippen molar-refractivity contribution in [2.24, 2.45) is 0 Å². The summed E-state index contributed by atoms with van der Waals surface area (Å²) in [6.07, 6.45) is 1.76. The van der Waals surface area contributed by atoms with Gasteiger partial charge in [-0.2, -0.15) is 0 Å². The maximum absolute atomic E-state index is 12.2. The molecular weight excluding hydrogens is 318 g/mol. The molecule has 1 amide bonds. The molecule has 0 spiro atoms. The van der Waals surface area contributed by atoms with Crippen molar-refractivity contribution in [2.75, 3.05) is 5.43 Å². The van der Waals surface area contributed by atoms with Crippen LogP contribution in [-0.2, 0) is 0 Å². The normalized spacial score (nSPS) is 10.4. The molecule has 3 aromatic rings. The topological polar surface area (TPSA) is 49.8 Å². The Hall–Kier alpha value is -2.37. The van der Waals surface area contributed by atoms with E-state index in [0.29, 0.717) is 15.4 Å². The summed E-state index contributed by atoms with van der Waals surface area (Å²) in [6, 6.07) is 16.4. The molecule has 4 nitrogen and oxygen atoms in total. The van der Waals surface area contributed by atoms with Gasteiger partial charge in [-0.1, -0.05) is 41.9 Å². The number of imidazole rings is 1. The summed E-state index contributed by atoms with van der Waals surface area (Å²) in [6.45, 7) is 0. The zero-order valence-corrected chi connectivity index (χ0v) is 13.0. The third-order valence-corrected chi connectivity index (χ3v) is 3.68. The van der Waals surface area contributed by atoms with Gasteiger partial charge in [0.25, 0.3) is 5.91 Å². The predicted octanol–water partition coefficient (Wildman–Crippen LogP) is 4.25. The Morgan fingerprint density at radius 1 is 1.09 bits per heavy atom. The van der Waals surface area contributed by atoms with Gasteiger partial charge in [0.2, 0.25) is 0 Å². The van der Waals surface area contributed by atoms with Crippen LogP contribution in [0, 0.1) is 4.77 Å². The van der Waals surface area contributed by atoms with E-state index in [0.717, 1.165) is 11.3 Å². The van der Waals surface area contributed by atoms with Crippen molar-refractivity contribution in [3.05, 3.63) is 76.2 Å². The van der Waals surface area contributed by atoms with E-state index in [-0.39, 0.29) is 5.91 Å². The predicted molar refractivity (Wildman–Crippen MR) is 90.2 cm³/mol. The van der Waals surface area contributed by atoms with Gasteiger partial charge < -0.3 is 4.98 Å². The van der Waals surface area contributed by atoms with Crippen molar-refractivity contribution in [1.29, 1.82) is 0 Å². The van der Waals surface area contributed by atoms with Crippen LogP contribution in [0.5, 0.6) is 0 Å². The van der Waals surface area contributed by atoms with Gasteiger partial charge in [0.1, 0.15) is 0 Å². The van der Waals surface area contributed by atoms with Crippen molar-refractivity contribution in [3.63, 3.8) is 0 Å². The van der Waals surface area contributed by atoms with E-state index in [2.05, 4.69) is 10.4 Å². The standard InChI is InChI=1S/C16H12ClN3OS/c17-13-8-6-12(7-9-13)15(21)19-20-10-14(18-16(20)22)11-4-2-1-3-5-11/h1-10H,(H,18,22)(H,19,21). The molecule has 0 fully saturated rings. The zero-order chi connectivity index (χ0) is 15.5. The van der Waals surface area contributed by atoms with Crippen LogP contribution in [0.2, 0.25) is 5.02 Å². The number of H-pyrrole nitrogens is 1. The first-order valence-electron chi connectivity index (χ1n) is 6.57. The van der Waals surface area contributed by atoms with E-state index in [1.54, 1.807) is 30.5 Å². The van der Waals surface area contributed by atoms with Crippen LogP contribution in [0.3, 0.4) is 0 Å². The molecular formula is C16H12ClN3OS. The SMILES string of the molecule is O=C(Nn1cc(-c2ccccc2)[nH]c1=S)c1ccc(Cl)cc1. The van der Waals surface area contributed by atoms with E-state index < -0.39 is 0 Å². The van der Waals surface area contributed by atoms with E-state index in [1.807, 2.05) is 30.3 Å². The molecule has 6 heteroatoms. The number of nitrogens with zero attached hydrogens (tertiary/aromatic N) is 1. The second-order valence-corrected chi connectivity index (χ2v) is 5.48. The maximum atomic E-state index is 12.2. The van der Waals surface area contributed by atoms with E-state index in [1.165, 1.54) is 4.68 Å². The lowest BCUT2D eigenvalue weighted by Gasteiger charge is -2.05. The largest absolute Gasteiger partial charge is 0.329 e. The van der Waals surface area contributed by atoms with Crippen LogP contribution >= 0.6 is 23.8 Å². The molecule has 0 unspecified atom stereocenters. The molecule has 22 heavy (non-hydrogen) atoms. The summed E-state index contributed by atoms with van der Waals surface area (Å²) in [5.41, 5.74) is 5.07. The first-order valence-corrected chi connectivity index (χ1v) is 7.36. The summed E-state index contributed by atoms with van der Waals surface area (Å²) in [7, 11) is 0. The number of hydrogen-bond donors (Lipinski definition) is 2. The quantitative estimate of drug-likeness (QED) is 0.706. The van der Waals surface area contributed by atoms with Gasteiger partial charge in [-0.05, 0) is 42.0 Å². The second kappa shape index (κ2) is 6.17. The number of halogens is 1. The van der Waals surface area contributed by atoms with Gasteiger partial charge in [-0.3, -0.25) is 10.2 Å². The number of aromatic amines is 1. The highest BCUT2D eigenvalue weighted by Gasteiger charge is 2.08. The molecule has 3 rings (SSSR count). The van der Waals surface area contributed by atoms with Crippen molar-refractivity contribution >= 4 is 29.7 Å². The molecule has 1 heterocycles. The number of nitrogens with one attached hydrogen (secondary N) is 2. The van der Waals surface area contributed by atoms with E-state index in [9.17, 15) is 4.79 Å². The Bertz CT molecular complexity index is 853. The zero-order valence-electron chi connectivity index (χ0n) is 11.4. The number of rotatable bonds is 3. The first-order chi connectivity index (χ1) is 10.6. The van der Waals surface area contributed by atoms with Crippen LogP contribution in [-0.4, -0.2) is 15.6 Å². The van der Waals surface area contributed by atoms with Crippen molar-refractivity contribution in [3.8, 4) is 11.3 Å². The molecule has 2 aromatic carbocycles. The number of amides is 1. The molecule has 0 aliphatic carbocycles. The fraction of sp³-hybridized carbons (Fsp3) is 0. The lowest BCUT2D eigenvalue weighted by atomic mass is 10.2. The molecule has 110 valence electrons.